The summed E-state index contributed by atoms with van der Waals surface area (Å²) in [5.41, 5.74) is 0.829. The van der Waals surface area contributed by atoms with E-state index in [1.165, 1.54) is 4.57 Å². The van der Waals surface area contributed by atoms with E-state index in [0.717, 1.165) is 24.8 Å². The van der Waals surface area contributed by atoms with Crippen molar-refractivity contribution >= 4 is 11.7 Å². The van der Waals surface area contributed by atoms with E-state index in [1.54, 1.807) is 31.1 Å². The molecule has 0 aromatic carbocycles. The smallest absolute Gasteiger partial charge is 0.322 e. The number of aliphatic hydroxyl groups is 1. The maximum absolute atomic E-state index is 12.4. The lowest BCUT2D eigenvalue weighted by Gasteiger charge is -2.40. The summed E-state index contributed by atoms with van der Waals surface area (Å²) in [6.45, 7) is 5.25. The van der Waals surface area contributed by atoms with Crippen LogP contribution in [0.3, 0.4) is 0 Å². The topological polar surface area (TPSA) is 74.6 Å². The van der Waals surface area contributed by atoms with Crippen molar-refractivity contribution in [1.82, 2.24) is 9.47 Å². The Morgan fingerprint density at radius 2 is 2.05 bits per heavy atom. The fourth-order valence-electron chi connectivity index (χ4n) is 2.87. The number of piperidine rings is 1. The van der Waals surface area contributed by atoms with Gasteiger partial charge in [-0.2, -0.15) is 0 Å². The third kappa shape index (κ3) is 3.16. The van der Waals surface area contributed by atoms with Gasteiger partial charge in [-0.25, -0.2) is 4.79 Å². The highest BCUT2D eigenvalue weighted by atomic mass is 16.3. The lowest BCUT2D eigenvalue weighted by molar-refractivity contribution is 0.0542. The van der Waals surface area contributed by atoms with Gasteiger partial charge in [0, 0.05) is 32.9 Å². The number of hydrogen-bond acceptors (Lipinski definition) is 3. The number of hydrogen-bond donors (Lipinski definition) is 2. The molecule has 122 valence electrons. The molecule has 0 spiro atoms. The molecule has 1 fully saturated rings. The van der Waals surface area contributed by atoms with Gasteiger partial charge in [-0.15, -0.1) is 0 Å². The Hall–Kier alpha value is -1.82. The van der Waals surface area contributed by atoms with Gasteiger partial charge in [-0.05, 0) is 43.2 Å². The van der Waals surface area contributed by atoms with Crippen molar-refractivity contribution in [1.29, 1.82) is 0 Å². The molecular weight excluding hydrogens is 282 g/mol. The first kappa shape index (κ1) is 16.5. The number of nitrogens with zero attached hydrogens (tertiary/aromatic N) is 2. The zero-order chi connectivity index (χ0) is 16.3. The lowest BCUT2D eigenvalue weighted by atomic mass is 9.77. The van der Waals surface area contributed by atoms with Gasteiger partial charge in [0.1, 0.15) is 5.69 Å². The third-order valence-corrected chi connectivity index (χ3v) is 4.91. The number of likely N-dealkylation sites (tertiary alicyclic amines) is 1. The molecule has 2 N–H and O–H groups in total. The van der Waals surface area contributed by atoms with Gasteiger partial charge in [-0.3, -0.25) is 4.79 Å². The van der Waals surface area contributed by atoms with E-state index in [2.05, 4.69) is 12.2 Å². The molecule has 0 aliphatic carbocycles. The summed E-state index contributed by atoms with van der Waals surface area (Å²) >= 11 is 0. The van der Waals surface area contributed by atoms with Crippen LogP contribution in [0, 0.1) is 12.3 Å². The van der Waals surface area contributed by atoms with Crippen LogP contribution in [0.25, 0.3) is 0 Å². The van der Waals surface area contributed by atoms with Crippen LogP contribution < -0.4 is 10.9 Å². The predicted molar refractivity (Wildman–Crippen MR) is 86.1 cm³/mol. The Morgan fingerprint density at radius 3 is 2.59 bits per heavy atom. The van der Waals surface area contributed by atoms with Gasteiger partial charge in [0.25, 0.3) is 5.56 Å². The highest BCUT2D eigenvalue weighted by molar-refractivity contribution is 5.89. The molecule has 6 nitrogen and oxygen atoms in total. The summed E-state index contributed by atoms with van der Waals surface area (Å²) in [6, 6.07) is 1.57. The molecule has 0 atom stereocenters. The quantitative estimate of drug-likeness (QED) is 0.892. The van der Waals surface area contributed by atoms with E-state index in [9.17, 15) is 14.7 Å². The largest absolute Gasteiger partial charge is 0.396 e. The summed E-state index contributed by atoms with van der Waals surface area (Å²) < 4.78 is 1.45. The number of carbonyl (C=O) groups is 1. The minimum atomic E-state index is -0.242. The van der Waals surface area contributed by atoms with Gasteiger partial charge < -0.3 is 19.9 Å². The van der Waals surface area contributed by atoms with Crippen molar-refractivity contribution in [3.63, 3.8) is 0 Å². The Balaban J connectivity index is 2.06. The molecule has 2 rings (SSSR count). The minimum Gasteiger partial charge on any atom is -0.396 e. The van der Waals surface area contributed by atoms with Crippen LogP contribution >= 0.6 is 0 Å². The maximum atomic E-state index is 12.4. The van der Waals surface area contributed by atoms with Gasteiger partial charge in [0.05, 0.1) is 0 Å². The van der Waals surface area contributed by atoms with Crippen molar-refractivity contribution in [3.05, 3.63) is 28.2 Å². The molecular formula is C16H25N3O3. The summed E-state index contributed by atoms with van der Waals surface area (Å²) in [5.74, 6) is 0. The average molecular weight is 307 g/mol. The highest BCUT2D eigenvalue weighted by Crippen LogP contribution is 2.34. The van der Waals surface area contributed by atoms with Crippen molar-refractivity contribution in [3.8, 4) is 0 Å². The second-order valence-electron chi connectivity index (χ2n) is 6.22. The van der Waals surface area contributed by atoms with Crippen LogP contribution in [0.4, 0.5) is 10.5 Å². The summed E-state index contributed by atoms with van der Waals surface area (Å²) in [6.07, 6.45) is 4.18. The first-order valence-corrected chi connectivity index (χ1v) is 7.75. The van der Waals surface area contributed by atoms with Gasteiger partial charge in [0.2, 0.25) is 0 Å². The number of urea groups is 1. The standard InChI is InChI=1S/C16H25N3O3/c1-4-16(11-20)6-9-19(10-7-16)15(22)17-13-12(2)5-8-18(3)14(13)21/h5,8,20H,4,6-7,9-11H2,1-3H3,(H,17,22). The molecule has 2 heterocycles. The second-order valence-corrected chi connectivity index (χ2v) is 6.22. The highest BCUT2D eigenvalue weighted by Gasteiger charge is 2.34. The third-order valence-electron chi connectivity index (χ3n) is 4.91. The molecule has 6 heteroatoms. The van der Waals surface area contributed by atoms with Crippen LogP contribution in [0.1, 0.15) is 31.7 Å². The number of pyridine rings is 1. The fourth-order valence-corrected chi connectivity index (χ4v) is 2.87. The fraction of sp³-hybridized carbons (Fsp3) is 0.625. The predicted octanol–water partition coefficient (Wildman–Crippen LogP) is 1.71. The molecule has 1 saturated heterocycles. The number of amides is 2. The van der Waals surface area contributed by atoms with Gasteiger partial charge in [0.15, 0.2) is 0 Å². The molecule has 22 heavy (non-hydrogen) atoms. The number of aliphatic hydroxyl groups excluding tert-OH is 1. The molecule has 0 bridgehead atoms. The number of carbonyl (C=O) groups excluding carboxylic acids is 1. The monoisotopic (exact) mass is 307 g/mol. The summed E-state index contributed by atoms with van der Waals surface area (Å²) in [5, 5.41) is 12.3. The van der Waals surface area contributed by atoms with E-state index in [4.69, 9.17) is 0 Å². The van der Waals surface area contributed by atoms with E-state index in [-0.39, 0.29) is 23.6 Å². The normalized spacial score (nSPS) is 17.4. The average Bonchev–Trinajstić information content (AvgIpc) is 2.55. The van der Waals surface area contributed by atoms with Crippen LogP contribution in [-0.4, -0.2) is 40.3 Å². The number of anilines is 1. The Bertz CT molecular complexity index is 595. The number of rotatable bonds is 3. The minimum absolute atomic E-state index is 0.0599. The Morgan fingerprint density at radius 1 is 1.41 bits per heavy atom. The van der Waals surface area contributed by atoms with Crippen molar-refractivity contribution in [2.45, 2.75) is 33.1 Å². The molecule has 1 aliphatic heterocycles. The Kier molecular flexibility index (Phi) is 4.90. The van der Waals surface area contributed by atoms with Crippen molar-refractivity contribution in [2.24, 2.45) is 12.5 Å². The van der Waals surface area contributed by atoms with Gasteiger partial charge >= 0.3 is 6.03 Å². The zero-order valence-electron chi connectivity index (χ0n) is 13.6. The van der Waals surface area contributed by atoms with Crippen molar-refractivity contribution < 1.29 is 9.90 Å². The first-order chi connectivity index (χ1) is 10.4. The van der Waals surface area contributed by atoms with E-state index >= 15 is 0 Å². The van der Waals surface area contributed by atoms with Gasteiger partial charge in [-0.1, -0.05) is 6.92 Å². The number of aromatic nitrogens is 1. The van der Waals surface area contributed by atoms with E-state index < -0.39 is 0 Å². The zero-order valence-corrected chi connectivity index (χ0v) is 13.6. The number of nitrogens with one attached hydrogen (secondary N) is 1. The number of aryl methyl sites for hydroxylation is 2. The van der Waals surface area contributed by atoms with E-state index in [0.29, 0.717) is 18.8 Å². The SMILES string of the molecule is CCC1(CO)CCN(C(=O)Nc2c(C)ccn(C)c2=O)CC1. The maximum Gasteiger partial charge on any atom is 0.322 e. The molecule has 1 aliphatic rings. The Labute approximate surface area is 130 Å². The van der Waals surface area contributed by atoms with Crippen molar-refractivity contribution in [2.75, 3.05) is 25.0 Å². The van der Waals surface area contributed by atoms with Crippen LogP contribution in [0.15, 0.2) is 17.1 Å². The second kappa shape index (κ2) is 6.52. The molecule has 0 unspecified atom stereocenters. The first-order valence-electron chi connectivity index (χ1n) is 7.75. The van der Waals surface area contributed by atoms with Crippen LogP contribution in [0.2, 0.25) is 0 Å². The van der Waals surface area contributed by atoms with Crippen LogP contribution in [-0.2, 0) is 7.05 Å². The van der Waals surface area contributed by atoms with Crippen LogP contribution in [0.5, 0.6) is 0 Å². The molecule has 1 aromatic heterocycles. The lowest BCUT2D eigenvalue weighted by Crippen LogP contribution is -2.46. The molecule has 0 radical (unpaired) electrons. The molecule has 1 aromatic rings. The molecule has 2 amide bonds. The summed E-state index contributed by atoms with van der Waals surface area (Å²) in [4.78, 5) is 26.2. The molecule has 0 saturated carbocycles. The van der Waals surface area contributed by atoms with E-state index in [1.807, 2.05) is 0 Å². The summed E-state index contributed by atoms with van der Waals surface area (Å²) in [7, 11) is 1.66.